The van der Waals surface area contributed by atoms with Crippen molar-refractivity contribution in [2.45, 2.75) is 24.3 Å². The van der Waals surface area contributed by atoms with E-state index >= 15 is 0 Å². The summed E-state index contributed by atoms with van der Waals surface area (Å²) in [6.07, 6.45) is 0.122. The second-order valence-electron chi connectivity index (χ2n) is 5.80. The topological polar surface area (TPSA) is 97.0 Å². The van der Waals surface area contributed by atoms with Crippen molar-refractivity contribution in [3.05, 3.63) is 18.2 Å². The minimum Gasteiger partial charge on any atom is -0.493 e. The zero-order chi connectivity index (χ0) is 18.4. The standard InChI is InChI=1S/C16H25N3O5S/c1-12-11-17-8-9-19(12)16(20)6-7-18-25(21,22)13-4-5-14(23-2)15(10-13)24-3/h4-5,10,12,17-18H,6-9,11H2,1-3H3. The van der Waals surface area contributed by atoms with Gasteiger partial charge in [0.1, 0.15) is 0 Å². The average Bonchev–Trinajstić information content (AvgIpc) is 2.61. The average molecular weight is 371 g/mol. The number of carbonyl (C=O) groups is 1. The van der Waals surface area contributed by atoms with E-state index in [-0.39, 0.29) is 29.8 Å². The number of carbonyl (C=O) groups excluding carboxylic acids is 1. The van der Waals surface area contributed by atoms with Gasteiger partial charge in [-0.1, -0.05) is 0 Å². The molecule has 2 rings (SSSR count). The van der Waals surface area contributed by atoms with Gasteiger partial charge in [-0.3, -0.25) is 4.79 Å². The van der Waals surface area contributed by atoms with Crippen molar-refractivity contribution in [3.8, 4) is 11.5 Å². The number of piperazine rings is 1. The highest BCUT2D eigenvalue weighted by Crippen LogP contribution is 2.29. The number of methoxy groups -OCH3 is 2. The molecule has 1 atom stereocenters. The molecular formula is C16H25N3O5S. The highest BCUT2D eigenvalue weighted by Gasteiger charge is 2.23. The molecule has 2 N–H and O–H groups in total. The predicted molar refractivity (Wildman–Crippen MR) is 93.4 cm³/mol. The number of nitrogens with zero attached hydrogens (tertiary/aromatic N) is 1. The van der Waals surface area contributed by atoms with Crippen LogP contribution in [0.1, 0.15) is 13.3 Å². The lowest BCUT2D eigenvalue weighted by Gasteiger charge is -2.34. The van der Waals surface area contributed by atoms with E-state index in [1.165, 1.54) is 32.4 Å². The van der Waals surface area contributed by atoms with E-state index < -0.39 is 10.0 Å². The lowest BCUT2D eigenvalue weighted by atomic mass is 10.2. The summed E-state index contributed by atoms with van der Waals surface area (Å²) in [6.45, 7) is 4.17. The molecule has 25 heavy (non-hydrogen) atoms. The maximum Gasteiger partial charge on any atom is 0.240 e. The Bertz CT molecular complexity index is 708. The van der Waals surface area contributed by atoms with E-state index in [1.54, 1.807) is 4.90 Å². The first kappa shape index (κ1) is 19.5. The molecule has 1 heterocycles. The van der Waals surface area contributed by atoms with Gasteiger partial charge in [-0.2, -0.15) is 0 Å². The van der Waals surface area contributed by atoms with E-state index in [1.807, 2.05) is 6.92 Å². The lowest BCUT2D eigenvalue weighted by Crippen LogP contribution is -2.52. The van der Waals surface area contributed by atoms with Gasteiger partial charge in [0.05, 0.1) is 19.1 Å². The second kappa shape index (κ2) is 8.50. The van der Waals surface area contributed by atoms with Crippen LogP contribution in [-0.4, -0.2) is 65.7 Å². The number of hydrogen-bond acceptors (Lipinski definition) is 6. The van der Waals surface area contributed by atoms with Crippen molar-refractivity contribution >= 4 is 15.9 Å². The number of benzene rings is 1. The third kappa shape index (κ3) is 4.83. The third-order valence-electron chi connectivity index (χ3n) is 4.12. The second-order valence-corrected chi connectivity index (χ2v) is 7.57. The monoisotopic (exact) mass is 371 g/mol. The van der Waals surface area contributed by atoms with Crippen LogP contribution in [-0.2, 0) is 14.8 Å². The van der Waals surface area contributed by atoms with E-state index in [4.69, 9.17) is 9.47 Å². The van der Waals surface area contributed by atoms with Crippen LogP contribution in [0.4, 0.5) is 0 Å². The van der Waals surface area contributed by atoms with Crippen molar-refractivity contribution in [3.63, 3.8) is 0 Å². The van der Waals surface area contributed by atoms with Crippen LogP contribution in [0.25, 0.3) is 0 Å². The highest BCUT2D eigenvalue weighted by molar-refractivity contribution is 7.89. The Labute approximate surface area is 148 Å². The smallest absolute Gasteiger partial charge is 0.240 e. The largest absolute Gasteiger partial charge is 0.493 e. The molecule has 1 saturated heterocycles. The number of ether oxygens (including phenoxy) is 2. The first-order chi connectivity index (χ1) is 11.9. The Kier molecular flexibility index (Phi) is 6.63. The fraction of sp³-hybridized carbons (Fsp3) is 0.562. The molecule has 1 amide bonds. The van der Waals surface area contributed by atoms with Gasteiger partial charge in [0.25, 0.3) is 0 Å². The maximum absolute atomic E-state index is 12.4. The number of sulfonamides is 1. The predicted octanol–water partition coefficient (Wildman–Crippen LogP) is 0.193. The van der Waals surface area contributed by atoms with E-state index in [9.17, 15) is 13.2 Å². The molecule has 1 unspecified atom stereocenters. The SMILES string of the molecule is COc1ccc(S(=O)(=O)NCCC(=O)N2CCNCC2C)cc1OC. The van der Waals surface area contributed by atoms with E-state index in [0.717, 1.165) is 13.1 Å². The lowest BCUT2D eigenvalue weighted by molar-refractivity contribution is -0.133. The van der Waals surface area contributed by atoms with Crippen LogP contribution < -0.4 is 19.5 Å². The van der Waals surface area contributed by atoms with Crippen LogP contribution in [0, 0.1) is 0 Å². The summed E-state index contributed by atoms with van der Waals surface area (Å²) in [7, 11) is -0.808. The Balaban J connectivity index is 1.96. The zero-order valence-corrected chi connectivity index (χ0v) is 15.6. The Hall–Kier alpha value is -1.84. The molecule has 0 aromatic heterocycles. The number of nitrogens with one attached hydrogen (secondary N) is 2. The zero-order valence-electron chi connectivity index (χ0n) is 14.7. The Morgan fingerprint density at radius 2 is 2.04 bits per heavy atom. The first-order valence-electron chi connectivity index (χ1n) is 8.11. The van der Waals surface area contributed by atoms with Gasteiger partial charge >= 0.3 is 0 Å². The molecule has 1 aromatic rings. The number of rotatable bonds is 7. The molecule has 1 aromatic carbocycles. The number of amides is 1. The summed E-state index contributed by atoms with van der Waals surface area (Å²) < 4.78 is 37.4. The van der Waals surface area contributed by atoms with Crippen molar-refractivity contribution in [1.29, 1.82) is 0 Å². The van der Waals surface area contributed by atoms with Gasteiger partial charge in [0, 0.05) is 44.7 Å². The van der Waals surface area contributed by atoms with Crippen molar-refractivity contribution in [2.24, 2.45) is 0 Å². The summed E-state index contributed by atoms with van der Waals surface area (Å²) in [4.78, 5) is 14.1. The summed E-state index contributed by atoms with van der Waals surface area (Å²) in [6, 6.07) is 4.47. The van der Waals surface area contributed by atoms with Gasteiger partial charge in [0.15, 0.2) is 11.5 Å². The Morgan fingerprint density at radius 3 is 2.68 bits per heavy atom. The van der Waals surface area contributed by atoms with Crippen LogP contribution >= 0.6 is 0 Å². The van der Waals surface area contributed by atoms with Gasteiger partial charge in [0.2, 0.25) is 15.9 Å². The molecule has 0 aliphatic carbocycles. The summed E-state index contributed by atoms with van der Waals surface area (Å²) in [5.41, 5.74) is 0. The summed E-state index contributed by atoms with van der Waals surface area (Å²) in [5.74, 6) is 0.726. The van der Waals surface area contributed by atoms with Crippen LogP contribution in [0.3, 0.4) is 0 Å². The van der Waals surface area contributed by atoms with Crippen LogP contribution in [0.5, 0.6) is 11.5 Å². The third-order valence-corrected chi connectivity index (χ3v) is 5.58. The maximum atomic E-state index is 12.4. The molecule has 1 fully saturated rings. The highest BCUT2D eigenvalue weighted by atomic mass is 32.2. The van der Waals surface area contributed by atoms with E-state index in [0.29, 0.717) is 18.0 Å². The quantitative estimate of drug-likeness (QED) is 0.710. The first-order valence-corrected chi connectivity index (χ1v) is 9.59. The van der Waals surface area contributed by atoms with Gasteiger partial charge in [-0.15, -0.1) is 0 Å². The molecule has 1 aliphatic rings. The molecule has 140 valence electrons. The summed E-state index contributed by atoms with van der Waals surface area (Å²) in [5, 5.41) is 3.21. The van der Waals surface area contributed by atoms with Crippen LogP contribution in [0.15, 0.2) is 23.1 Å². The minimum absolute atomic E-state index is 0.0478. The fourth-order valence-corrected chi connectivity index (χ4v) is 3.76. The van der Waals surface area contributed by atoms with E-state index in [2.05, 4.69) is 10.0 Å². The van der Waals surface area contributed by atoms with Gasteiger partial charge in [-0.05, 0) is 19.1 Å². The molecule has 8 nitrogen and oxygen atoms in total. The molecule has 0 saturated carbocycles. The van der Waals surface area contributed by atoms with Crippen molar-refractivity contribution in [2.75, 3.05) is 40.4 Å². The molecular weight excluding hydrogens is 346 g/mol. The summed E-state index contributed by atoms with van der Waals surface area (Å²) >= 11 is 0. The Morgan fingerprint density at radius 1 is 1.32 bits per heavy atom. The van der Waals surface area contributed by atoms with Gasteiger partial charge < -0.3 is 19.7 Å². The normalized spacial score (nSPS) is 18.0. The molecule has 9 heteroatoms. The van der Waals surface area contributed by atoms with Gasteiger partial charge in [-0.25, -0.2) is 13.1 Å². The molecule has 1 aliphatic heterocycles. The fourth-order valence-electron chi connectivity index (χ4n) is 2.71. The minimum atomic E-state index is -3.73. The van der Waals surface area contributed by atoms with Crippen molar-refractivity contribution < 1.29 is 22.7 Å². The van der Waals surface area contributed by atoms with Crippen LogP contribution in [0.2, 0.25) is 0 Å². The molecule has 0 bridgehead atoms. The van der Waals surface area contributed by atoms with Crippen molar-refractivity contribution in [1.82, 2.24) is 14.9 Å². The number of hydrogen-bond donors (Lipinski definition) is 2. The molecule has 0 radical (unpaired) electrons. The molecule has 0 spiro atoms.